The maximum Gasteiger partial charge on any atom is 0.180 e. The Labute approximate surface area is 220 Å². The van der Waals surface area contributed by atoms with Crippen molar-refractivity contribution in [2.75, 3.05) is 43.0 Å². The van der Waals surface area contributed by atoms with E-state index in [4.69, 9.17) is 14.6 Å². The van der Waals surface area contributed by atoms with Gasteiger partial charge in [0.05, 0.1) is 36.1 Å². The topological polar surface area (TPSA) is 43.7 Å². The van der Waals surface area contributed by atoms with Gasteiger partial charge in [-0.3, -0.25) is 0 Å². The van der Waals surface area contributed by atoms with Crippen molar-refractivity contribution in [1.82, 2.24) is 4.67 Å². The summed E-state index contributed by atoms with van der Waals surface area (Å²) in [6, 6.07) is 27.7. The fourth-order valence-electron chi connectivity index (χ4n) is 5.90. The highest BCUT2D eigenvalue weighted by molar-refractivity contribution is 7.71. The zero-order valence-corrected chi connectivity index (χ0v) is 22.9. The maximum atomic E-state index is 5.84. The molecule has 0 N–H and O–H groups in total. The highest BCUT2D eigenvalue weighted by Gasteiger charge is 2.50. The van der Waals surface area contributed by atoms with Gasteiger partial charge in [0.25, 0.3) is 0 Å². The molecule has 0 radical (unpaired) electrons. The normalized spacial score (nSPS) is 25.0. The van der Waals surface area contributed by atoms with Gasteiger partial charge in [0.2, 0.25) is 0 Å². The van der Waals surface area contributed by atoms with E-state index in [0.29, 0.717) is 13.2 Å². The molecule has 3 aromatic carbocycles. The van der Waals surface area contributed by atoms with Crippen LogP contribution in [-0.2, 0) is 10.2 Å². The van der Waals surface area contributed by atoms with E-state index in [1.54, 1.807) is 0 Å². The molecule has 0 bridgehead atoms. The van der Waals surface area contributed by atoms with Crippen molar-refractivity contribution in [3.8, 4) is 0 Å². The number of anilines is 2. The van der Waals surface area contributed by atoms with E-state index < -0.39 is 7.36 Å². The molecule has 1 unspecified atom stereocenters. The van der Waals surface area contributed by atoms with Crippen LogP contribution in [0.25, 0.3) is 0 Å². The van der Waals surface area contributed by atoms with E-state index in [0.717, 1.165) is 24.5 Å². The second-order valence-electron chi connectivity index (χ2n) is 10.3. The molecule has 1 saturated heterocycles. The predicted octanol–water partition coefficient (Wildman–Crippen LogP) is 7.14. The van der Waals surface area contributed by atoms with Gasteiger partial charge < -0.3 is 9.64 Å². The summed E-state index contributed by atoms with van der Waals surface area (Å²) in [4.78, 5) is 2.37. The lowest BCUT2D eigenvalue weighted by Gasteiger charge is -2.43. The number of aryl methyl sites for hydroxylation is 1. The van der Waals surface area contributed by atoms with Crippen LogP contribution in [-0.4, -0.2) is 44.2 Å². The third kappa shape index (κ3) is 3.78. The van der Waals surface area contributed by atoms with E-state index >= 15 is 0 Å². The summed E-state index contributed by atoms with van der Waals surface area (Å²) in [7, 11) is -0.390. The average Bonchev–Trinajstić information content (AvgIpc) is 3.39. The number of hydrogen-bond acceptors (Lipinski definition) is 4. The molecule has 6 rings (SSSR count). The van der Waals surface area contributed by atoms with E-state index in [9.17, 15) is 0 Å². The Balaban J connectivity index is 1.70. The van der Waals surface area contributed by atoms with Gasteiger partial charge in [-0.1, -0.05) is 68.4 Å². The molecule has 190 valence electrons. The molecule has 3 aromatic rings. The van der Waals surface area contributed by atoms with Crippen LogP contribution < -0.4 is 9.68 Å². The number of nitrogens with zero attached hydrogens (tertiary/aromatic N) is 5. The molecule has 3 aliphatic rings. The van der Waals surface area contributed by atoms with Crippen LogP contribution >= 0.6 is 7.36 Å². The number of rotatable bonds is 3. The molecule has 0 amide bonds. The van der Waals surface area contributed by atoms with Crippen molar-refractivity contribution in [3.63, 3.8) is 0 Å². The van der Waals surface area contributed by atoms with Crippen molar-refractivity contribution < 1.29 is 4.74 Å². The molecular weight excluding hydrogens is 477 g/mol. The lowest BCUT2D eigenvalue weighted by molar-refractivity contribution is 0.0743. The van der Waals surface area contributed by atoms with Crippen LogP contribution in [0.4, 0.5) is 17.1 Å². The fraction of sp³-hybridized carbons (Fsp3) is 0.300. The Morgan fingerprint density at radius 3 is 2.30 bits per heavy atom. The Morgan fingerprint density at radius 2 is 1.57 bits per heavy atom. The second-order valence-corrected chi connectivity index (χ2v) is 13.1. The number of allylic oxidation sites excluding steroid dienone is 2. The molecular formula is C30H34N5OP. The van der Waals surface area contributed by atoms with Gasteiger partial charge in [-0.2, -0.15) is 5.10 Å². The number of likely N-dealkylation sites (N-methyl/N-ethyl adjacent to an activating group) is 1. The highest BCUT2D eigenvalue weighted by Crippen LogP contribution is 2.70. The van der Waals surface area contributed by atoms with Gasteiger partial charge in [0.15, 0.2) is 7.36 Å². The number of para-hydroxylation sites is 2. The zero-order valence-electron chi connectivity index (χ0n) is 22.0. The number of hydrogen-bond donors (Lipinski definition) is 0. The largest absolute Gasteiger partial charge is 0.379 e. The quantitative estimate of drug-likeness (QED) is 0.351. The van der Waals surface area contributed by atoms with Crippen LogP contribution in [0.15, 0.2) is 99.7 Å². The lowest BCUT2D eigenvalue weighted by atomic mass is 9.84. The number of fused-ring (bicyclic) bond motifs is 1. The van der Waals surface area contributed by atoms with Crippen LogP contribution in [0, 0.1) is 6.92 Å². The summed E-state index contributed by atoms with van der Waals surface area (Å²) < 4.78 is 16.4. The smallest absolute Gasteiger partial charge is 0.180 e. The Morgan fingerprint density at radius 1 is 0.892 bits per heavy atom. The zero-order chi connectivity index (χ0) is 25.6. The van der Waals surface area contributed by atoms with Crippen LogP contribution in [0.2, 0.25) is 0 Å². The summed E-state index contributed by atoms with van der Waals surface area (Å²) >= 11 is 0. The van der Waals surface area contributed by atoms with Gasteiger partial charge in [0.1, 0.15) is 0 Å². The van der Waals surface area contributed by atoms with Gasteiger partial charge >= 0.3 is 0 Å². The van der Waals surface area contributed by atoms with Gasteiger partial charge in [-0.15, -0.1) is 0 Å². The molecule has 1 atom stereocenters. The van der Waals surface area contributed by atoms with E-state index in [2.05, 4.69) is 127 Å². The third-order valence-corrected chi connectivity index (χ3v) is 11.2. The monoisotopic (exact) mass is 511 g/mol. The first-order valence-electron chi connectivity index (χ1n) is 12.9. The molecule has 0 aromatic heterocycles. The third-order valence-electron chi connectivity index (χ3n) is 7.72. The number of ether oxygens (including phenoxy) is 1. The minimum atomic E-state index is -2.58. The van der Waals surface area contributed by atoms with Crippen molar-refractivity contribution in [3.05, 3.63) is 101 Å². The Bertz CT molecular complexity index is 1440. The molecule has 3 heterocycles. The summed E-state index contributed by atoms with van der Waals surface area (Å²) in [5.41, 5.74) is 6.90. The van der Waals surface area contributed by atoms with Gasteiger partial charge in [-0.25, -0.2) is 14.2 Å². The molecule has 0 aliphatic carbocycles. The van der Waals surface area contributed by atoms with E-state index in [1.807, 2.05) is 0 Å². The molecule has 7 heteroatoms. The molecule has 6 nitrogen and oxygen atoms in total. The number of morpholine rings is 1. The molecule has 37 heavy (non-hydrogen) atoms. The molecule has 0 spiro atoms. The second kappa shape index (κ2) is 9.29. The SMILES string of the molecule is Cc1ccccc1N=P1(N2CCOCC2)C(=C2N(C)c3ccccc3C2(C)C)C=NN1c1ccccc1. The summed E-state index contributed by atoms with van der Waals surface area (Å²) in [6.07, 6.45) is 2.09. The first-order valence-corrected chi connectivity index (χ1v) is 14.6. The Kier molecular flexibility index (Phi) is 6.07. The highest BCUT2D eigenvalue weighted by atomic mass is 31.2. The molecule has 1 fully saturated rings. The number of benzene rings is 3. The van der Waals surface area contributed by atoms with Crippen LogP contribution in [0.3, 0.4) is 0 Å². The maximum absolute atomic E-state index is 5.84. The van der Waals surface area contributed by atoms with Crippen LogP contribution in [0.5, 0.6) is 0 Å². The average molecular weight is 512 g/mol. The van der Waals surface area contributed by atoms with Gasteiger partial charge in [-0.05, 0) is 42.3 Å². The summed E-state index contributed by atoms with van der Waals surface area (Å²) in [5.74, 6) is 0. The predicted molar refractivity (Wildman–Crippen MR) is 155 cm³/mol. The first-order chi connectivity index (χ1) is 17.9. The lowest BCUT2D eigenvalue weighted by Crippen LogP contribution is -2.38. The minimum Gasteiger partial charge on any atom is -0.379 e. The molecule has 3 aliphatic heterocycles. The molecule has 0 saturated carbocycles. The van der Waals surface area contributed by atoms with Crippen LogP contribution in [0.1, 0.15) is 25.0 Å². The van der Waals surface area contributed by atoms with Crippen molar-refractivity contribution >= 4 is 30.6 Å². The minimum absolute atomic E-state index is 0.196. The van der Waals surface area contributed by atoms with E-state index in [1.165, 1.54) is 27.8 Å². The first kappa shape index (κ1) is 24.2. The van der Waals surface area contributed by atoms with Gasteiger partial charge in [0, 0.05) is 36.9 Å². The standard InChI is InChI=1S/C30H34N5OP/c1-23-12-8-10-16-26(23)32-37(34-18-20-36-21-19-34)28(22-31-35(37)24-13-6-5-7-14-24)29-30(2,3)25-15-9-11-17-27(25)33(29)4/h5-17,22H,18-21H2,1-4H3. The summed E-state index contributed by atoms with van der Waals surface area (Å²) in [5, 5.41) is 6.36. The van der Waals surface area contributed by atoms with Crippen molar-refractivity contribution in [2.45, 2.75) is 26.2 Å². The fourth-order valence-corrected chi connectivity index (χ4v) is 9.78. The Hall–Kier alpha value is -3.18. The van der Waals surface area contributed by atoms with E-state index in [-0.39, 0.29) is 5.41 Å². The number of hydrazone groups is 1. The van der Waals surface area contributed by atoms with Crippen molar-refractivity contribution in [2.24, 2.45) is 9.85 Å². The summed E-state index contributed by atoms with van der Waals surface area (Å²) in [6.45, 7) is 9.81. The van der Waals surface area contributed by atoms with Crippen molar-refractivity contribution in [1.29, 1.82) is 0 Å².